The van der Waals surface area contributed by atoms with Crippen LogP contribution >= 0.6 is 0 Å². The molecule has 2 aliphatic rings. The molecule has 18 heavy (non-hydrogen) atoms. The normalized spacial score (nSPS) is 40.2. The molecule has 0 aromatic heterocycles. The van der Waals surface area contributed by atoms with Gasteiger partial charge in [-0.3, -0.25) is 0 Å². The largest absolute Gasteiger partial charge is 0.394 e. The highest BCUT2D eigenvalue weighted by Gasteiger charge is 2.56. The monoisotopic (exact) mass is 257 g/mol. The fourth-order valence-corrected chi connectivity index (χ4v) is 2.06. The van der Waals surface area contributed by atoms with Crippen LogP contribution in [0.3, 0.4) is 0 Å². The summed E-state index contributed by atoms with van der Waals surface area (Å²) >= 11 is 0. The second-order valence-electron chi connectivity index (χ2n) is 4.48. The molecule has 0 aliphatic carbocycles. The summed E-state index contributed by atoms with van der Waals surface area (Å²) in [6.07, 6.45) is -0.538. The zero-order valence-electron chi connectivity index (χ0n) is 9.95. The lowest BCUT2D eigenvalue weighted by Crippen LogP contribution is -2.48. The Morgan fingerprint density at radius 2 is 2.39 bits per heavy atom. The van der Waals surface area contributed by atoms with Crippen LogP contribution in [0.25, 0.3) is 0 Å². The third-order valence-corrected chi connectivity index (χ3v) is 3.11. The van der Waals surface area contributed by atoms with Crippen LogP contribution in [-0.4, -0.2) is 51.7 Å². The second-order valence-corrected chi connectivity index (χ2v) is 4.48. The summed E-state index contributed by atoms with van der Waals surface area (Å²) in [5.41, 5.74) is 3.43. The Morgan fingerprint density at radius 1 is 1.72 bits per heavy atom. The van der Waals surface area contributed by atoms with Gasteiger partial charge in [0, 0.05) is 6.20 Å². The van der Waals surface area contributed by atoms with Crippen LogP contribution in [0.2, 0.25) is 0 Å². The van der Waals surface area contributed by atoms with Crippen LogP contribution in [0.4, 0.5) is 4.39 Å². The number of hydrogen-bond acceptors (Lipinski definition) is 6. The van der Waals surface area contributed by atoms with Crippen molar-refractivity contribution < 1.29 is 19.3 Å². The van der Waals surface area contributed by atoms with Crippen LogP contribution < -0.4 is 5.73 Å². The number of halogens is 1. The molecule has 0 radical (unpaired) electrons. The first-order valence-electron chi connectivity index (χ1n) is 5.51. The fourth-order valence-electron chi connectivity index (χ4n) is 2.06. The van der Waals surface area contributed by atoms with Crippen molar-refractivity contribution in [2.75, 3.05) is 6.61 Å². The Bertz CT molecular complexity index is 422. The summed E-state index contributed by atoms with van der Waals surface area (Å²) in [5.74, 6) is 0.476. The summed E-state index contributed by atoms with van der Waals surface area (Å²) in [7, 11) is 0. The molecule has 6 nitrogen and oxygen atoms in total. The molecule has 2 heterocycles. The molecule has 0 amide bonds. The van der Waals surface area contributed by atoms with E-state index in [0.717, 1.165) is 0 Å². The Hall–Kier alpha value is -1.44. The number of aliphatic imine (C=N–C) groups is 1. The molecule has 2 rings (SSSR count). The SMILES string of the molecule is C=C1N=C(N)C=CN1C1OC(CO)C(O)C1(C)F. The first-order chi connectivity index (χ1) is 8.37. The third kappa shape index (κ3) is 1.90. The van der Waals surface area contributed by atoms with E-state index in [2.05, 4.69) is 11.6 Å². The summed E-state index contributed by atoms with van der Waals surface area (Å²) in [4.78, 5) is 5.24. The molecule has 2 aliphatic heterocycles. The summed E-state index contributed by atoms with van der Waals surface area (Å²) in [6.45, 7) is 4.39. The highest BCUT2D eigenvalue weighted by atomic mass is 19.1. The van der Waals surface area contributed by atoms with E-state index < -0.39 is 30.7 Å². The smallest absolute Gasteiger partial charge is 0.181 e. The minimum Gasteiger partial charge on any atom is -0.394 e. The van der Waals surface area contributed by atoms with Gasteiger partial charge in [-0.2, -0.15) is 0 Å². The number of aliphatic hydroxyl groups excluding tert-OH is 2. The summed E-state index contributed by atoms with van der Waals surface area (Å²) in [5, 5.41) is 18.8. The third-order valence-electron chi connectivity index (χ3n) is 3.11. The molecule has 1 fully saturated rings. The van der Waals surface area contributed by atoms with E-state index in [9.17, 15) is 9.50 Å². The Morgan fingerprint density at radius 3 is 2.89 bits per heavy atom. The fraction of sp³-hybridized carbons (Fsp3) is 0.545. The van der Waals surface area contributed by atoms with E-state index in [0.29, 0.717) is 0 Å². The van der Waals surface area contributed by atoms with Gasteiger partial charge in [0.05, 0.1) is 6.61 Å². The number of amidine groups is 1. The van der Waals surface area contributed by atoms with Crippen LogP contribution in [0.1, 0.15) is 6.92 Å². The van der Waals surface area contributed by atoms with Crippen molar-refractivity contribution in [3.05, 3.63) is 24.7 Å². The van der Waals surface area contributed by atoms with Crippen LogP contribution in [-0.2, 0) is 4.74 Å². The Labute approximate surface area is 104 Å². The van der Waals surface area contributed by atoms with Crippen molar-refractivity contribution in [3.8, 4) is 0 Å². The van der Waals surface area contributed by atoms with Gasteiger partial charge in [0.25, 0.3) is 0 Å². The van der Waals surface area contributed by atoms with Gasteiger partial charge in [-0.1, -0.05) is 6.58 Å². The van der Waals surface area contributed by atoms with Gasteiger partial charge < -0.3 is 25.6 Å². The Kier molecular flexibility index (Phi) is 3.14. The highest BCUT2D eigenvalue weighted by Crippen LogP contribution is 2.38. The van der Waals surface area contributed by atoms with Gasteiger partial charge in [0.1, 0.15) is 23.9 Å². The maximum atomic E-state index is 14.5. The number of alkyl halides is 1. The highest BCUT2D eigenvalue weighted by molar-refractivity contribution is 5.92. The minimum absolute atomic E-state index is 0.217. The lowest BCUT2D eigenvalue weighted by Gasteiger charge is -2.34. The van der Waals surface area contributed by atoms with Crippen molar-refractivity contribution in [3.63, 3.8) is 0 Å². The summed E-state index contributed by atoms with van der Waals surface area (Å²) < 4.78 is 19.8. The summed E-state index contributed by atoms with van der Waals surface area (Å²) in [6, 6.07) is 0. The van der Waals surface area contributed by atoms with E-state index in [-0.39, 0.29) is 11.7 Å². The molecule has 4 atom stereocenters. The predicted octanol–water partition coefficient (Wildman–Crippen LogP) is -0.550. The first-order valence-corrected chi connectivity index (χ1v) is 5.51. The lowest BCUT2D eigenvalue weighted by atomic mass is 9.98. The maximum absolute atomic E-state index is 14.5. The van der Waals surface area contributed by atoms with E-state index in [1.165, 1.54) is 24.1 Å². The van der Waals surface area contributed by atoms with Gasteiger partial charge in [-0.15, -0.1) is 0 Å². The van der Waals surface area contributed by atoms with Crippen molar-refractivity contribution in [2.24, 2.45) is 10.7 Å². The second kappa shape index (κ2) is 4.34. The average molecular weight is 257 g/mol. The first kappa shape index (κ1) is 13.0. The number of nitrogens with zero attached hydrogens (tertiary/aromatic N) is 2. The Balaban J connectivity index is 2.25. The molecule has 4 N–H and O–H groups in total. The van der Waals surface area contributed by atoms with E-state index in [1.54, 1.807) is 0 Å². The van der Waals surface area contributed by atoms with Gasteiger partial charge >= 0.3 is 0 Å². The molecule has 1 saturated heterocycles. The quantitative estimate of drug-likeness (QED) is 0.617. The van der Waals surface area contributed by atoms with Crippen molar-refractivity contribution in [1.29, 1.82) is 0 Å². The number of ether oxygens (including phenoxy) is 1. The van der Waals surface area contributed by atoms with Gasteiger partial charge in [-0.25, -0.2) is 9.38 Å². The molecule has 0 aromatic rings. The number of aliphatic hydroxyl groups is 2. The van der Waals surface area contributed by atoms with Gasteiger partial charge in [0.2, 0.25) is 0 Å². The molecular weight excluding hydrogens is 241 g/mol. The minimum atomic E-state index is -2.05. The molecule has 0 aromatic carbocycles. The molecule has 0 bridgehead atoms. The average Bonchev–Trinajstić information content (AvgIpc) is 2.52. The molecule has 4 unspecified atom stereocenters. The number of nitrogens with two attached hydrogens (primary N) is 1. The zero-order chi connectivity index (χ0) is 13.5. The molecule has 100 valence electrons. The topological polar surface area (TPSA) is 91.3 Å². The zero-order valence-corrected chi connectivity index (χ0v) is 9.95. The maximum Gasteiger partial charge on any atom is 0.181 e. The van der Waals surface area contributed by atoms with Crippen molar-refractivity contribution >= 4 is 5.84 Å². The molecule has 0 saturated carbocycles. The van der Waals surface area contributed by atoms with E-state index in [4.69, 9.17) is 15.6 Å². The molecule has 7 heteroatoms. The number of hydrogen-bond donors (Lipinski definition) is 3. The molecular formula is C11H16FN3O3. The van der Waals surface area contributed by atoms with Crippen LogP contribution in [0, 0.1) is 0 Å². The lowest BCUT2D eigenvalue weighted by molar-refractivity contribution is -0.0765. The predicted molar refractivity (Wildman–Crippen MR) is 63.0 cm³/mol. The molecule has 0 spiro atoms. The standard InChI is InChI=1S/C11H16FN3O3/c1-6-14-8(13)3-4-15(6)10-11(2,12)9(17)7(5-16)18-10/h3-4,7,9-10,16-17H,1,5H2,2H3,(H2,13,14). The van der Waals surface area contributed by atoms with E-state index >= 15 is 0 Å². The van der Waals surface area contributed by atoms with Gasteiger partial charge in [0.15, 0.2) is 11.9 Å². The van der Waals surface area contributed by atoms with Crippen LogP contribution in [0.5, 0.6) is 0 Å². The van der Waals surface area contributed by atoms with Gasteiger partial charge in [-0.05, 0) is 13.0 Å². The van der Waals surface area contributed by atoms with E-state index in [1.807, 2.05) is 0 Å². The number of rotatable bonds is 2. The van der Waals surface area contributed by atoms with Crippen molar-refractivity contribution in [2.45, 2.75) is 31.0 Å². The van der Waals surface area contributed by atoms with Crippen molar-refractivity contribution in [1.82, 2.24) is 4.90 Å². The van der Waals surface area contributed by atoms with Crippen LogP contribution in [0.15, 0.2) is 29.7 Å².